The van der Waals surface area contributed by atoms with Crippen LogP contribution < -0.4 is 0 Å². The Morgan fingerprint density at radius 2 is 1.21 bits per heavy atom. The number of hydrogen-bond donors (Lipinski definition) is 2. The Bertz CT molecular complexity index is 2390. The molecule has 2 aromatic carbocycles. The van der Waals surface area contributed by atoms with E-state index in [2.05, 4.69) is 89.6 Å². The normalized spacial score (nSPS) is 14.8. The zero-order valence-electron chi connectivity index (χ0n) is 29.2. The number of benzene rings is 2. The second kappa shape index (κ2) is 14.4. The van der Waals surface area contributed by atoms with Crippen LogP contribution in [0, 0.1) is 27.7 Å². The molecule has 0 radical (unpaired) electrons. The Morgan fingerprint density at radius 1 is 0.673 bits per heavy atom. The Kier molecular flexibility index (Phi) is 9.72. The van der Waals surface area contributed by atoms with Gasteiger partial charge in [0.05, 0.1) is 13.2 Å². The van der Waals surface area contributed by atoms with Crippen LogP contribution in [0.2, 0.25) is 0 Å². The van der Waals surface area contributed by atoms with E-state index in [4.69, 9.17) is 19.5 Å². The van der Waals surface area contributed by atoms with E-state index in [1.54, 1.807) is 11.3 Å². The molecule has 6 aromatic rings. The van der Waals surface area contributed by atoms with E-state index in [1.165, 1.54) is 58.7 Å². The molecule has 10 nitrogen and oxygen atoms in total. The van der Waals surface area contributed by atoms with Crippen molar-refractivity contribution in [2.75, 3.05) is 0 Å². The van der Waals surface area contributed by atoms with Crippen molar-refractivity contribution in [2.24, 2.45) is 0 Å². The van der Waals surface area contributed by atoms with Gasteiger partial charge in [-0.05, 0) is 89.8 Å². The molecule has 14 heteroatoms. The number of nitrogens with zero attached hydrogens (tertiary/aromatic N) is 6. The molecule has 4 aromatic heterocycles. The van der Waals surface area contributed by atoms with Crippen molar-refractivity contribution in [3.63, 3.8) is 0 Å². The number of aromatic nitrogens is 6. The van der Waals surface area contributed by atoms with Crippen LogP contribution in [0.1, 0.15) is 72.0 Å². The molecule has 0 fully saturated rings. The average Bonchev–Trinajstić information content (AvgIpc) is 3.97. The van der Waals surface area contributed by atoms with Crippen molar-refractivity contribution in [3.05, 3.63) is 137 Å². The topological polar surface area (TPSA) is 120 Å². The monoisotopic (exact) mass is 794 g/mol. The first-order chi connectivity index (χ1) is 25.2. The van der Waals surface area contributed by atoms with Crippen LogP contribution >= 0.6 is 38.6 Å². The highest BCUT2D eigenvalue weighted by Crippen LogP contribution is 2.44. The third-order valence-corrected chi connectivity index (χ3v) is 13.2. The maximum atomic E-state index is 8.99. The third kappa shape index (κ3) is 6.25. The van der Waals surface area contributed by atoms with Gasteiger partial charge in [-0.25, -0.2) is 0 Å². The highest BCUT2D eigenvalue weighted by atomic mass is 79.9. The van der Waals surface area contributed by atoms with E-state index < -0.39 is 7.12 Å². The molecular formula is C38H36BBrN6O4S2. The summed E-state index contributed by atoms with van der Waals surface area (Å²) in [6, 6.07) is 16.5. The number of hydrogen-bond acceptors (Lipinski definition) is 10. The zero-order valence-corrected chi connectivity index (χ0v) is 32.4. The largest absolute Gasteiger partial charge is 0.488 e. The summed E-state index contributed by atoms with van der Waals surface area (Å²) in [7, 11) is -1.34. The maximum Gasteiger partial charge on any atom is 0.488 e. The van der Waals surface area contributed by atoms with Crippen molar-refractivity contribution in [1.82, 2.24) is 29.5 Å². The summed E-state index contributed by atoms with van der Waals surface area (Å²) in [6.45, 7) is 10.6. The van der Waals surface area contributed by atoms with Gasteiger partial charge in [0.15, 0.2) is 11.6 Å². The fourth-order valence-corrected chi connectivity index (χ4v) is 10.2. The van der Waals surface area contributed by atoms with E-state index in [1.807, 2.05) is 55.5 Å². The molecule has 10 rings (SSSR count). The summed E-state index contributed by atoms with van der Waals surface area (Å²) in [6.07, 6.45) is 6.02. The van der Waals surface area contributed by atoms with E-state index in [0.717, 1.165) is 46.2 Å². The van der Waals surface area contributed by atoms with E-state index in [-0.39, 0.29) is 0 Å². The van der Waals surface area contributed by atoms with Crippen molar-refractivity contribution in [3.8, 4) is 10.0 Å². The number of rotatable bonds is 2. The van der Waals surface area contributed by atoms with E-state index in [0.29, 0.717) is 31.9 Å². The quantitative estimate of drug-likeness (QED) is 0.175. The lowest BCUT2D eigenvalue weighted by atomic mass is 9.76. The number of allylic oxidation sites excluding steroid dienone is 2. The first kappa shape index (κ1) is 35.0. The summed E-state index contributed by atoms with van der Waals surface area (Å²) in [5.74, 6) is 3.60. The fourth-order valence-electron chi connectivity index (χ4n) is 7.20. The van der Waals surface area contributed by atoms with Gasteiger partial charge in [0.1, 0.15) is 34.9 Å². The number of halogens is 1. The molecule has 2 aliphatic carbocycles. The first-order valence-corrected chi connectivity index (χ1v) is 19.4. The SMILES string of the molecule is Cc1sc2c(c1Br)COCc1nnc(C)n1-2.Cc1sc2c(c1C1=CCc3ccccc31)COCc1nnc(C)n1-2.OB(O)C1=CCc2ccccc21. The van der Waals surface area contributed by atoms with Crippen molar-refractivity contribution >= 4 is 56.8 Å². The summed E-state index contributed by atoms with van der Waals surface area (Å²) < 4.78 is 16.9. The minimum absolute atomic E-state index is 0.510. The van der Waals surface area contributed by atoms with Crippen LogP contribution in [0.4, 0.5) is 0 Å². The smallest absolute Gasteiger partial charge is 0.423 e. The third-order valence-electron chi connectivity index (χ3n) is 9.64. The predicted octanol–water partition coefficient (Wildman–Crippen LogP) is 7.34. The Labute approximate surface area is 318 Å². The second-order valence-electron chi connectivity index (χ2n) is 12.9. The molecule has 52 heavy (non-hydrogen) atoms. The van der Waals surface area contributed by atoms with Crippen LogP contribution in [-0.4, -0.2) is 46.7 Å². The molecule has 0 saturated carbocycles. The van der Waals surface area contributed by atoms with Crippen LogP contribution in [-0.2, 0) is 48.7 Å². The molecule has 264 valence electrons. The first-order valence-electron chi connectivity index (χ1n) is 17.0. The van der Waals surface area contributed by atoms with Gasteiger partial charge in [-0.3, -0.25) is 9.13 Å². The highest BCUT2D eigenvalue weighted by Gasteiger charge is 2.29. The van der Waals surface area contributed by atoms with Gasteiger partial charge in [-0.1, -0.05) is 60.7 Å². The lowest BCUT2D eigenvalue weighted by Gasteiger charge is -2.10. The Morgan fingerprint density at radius 3 is 1.87 bits per heavy atom. The van der Waals surface area contributed by atoms with Gasteiger partial charge >= 0.3 is 7.12 Å². The van der Waals surface area contributed by atoms with Crippen molar-refractivity contribution < 1.29 is 19.5 Å². The van der Waals surface area contributed by atoms with Gasteiger partial charge in [-0.2, -0.15) is 0 Å². The average molecular weight is 796 g/mol. The molecule has 2 aliphatic heterocycles. The van der Waals surface area contributed by atoms with Gasteiger partial charge in [0.2, 0.25) is 0 Å². The van der Waals surface area contributed by atoms with Gasteiger partial charge < -0.3 is 19.5 Å². The molecule has 0 unspecified atom stereocenters. The molecule has 0 spiro atoms. The number of aryl methyl sites for hydroxylation is 4. The summed E-state index contributed by atoms with van der Waals surface area (Å²) in [5.41, 5.74) is 10.7. The molecular weight excluding hydrogens is 759 g/mol. The van der Waals surface area contributed by atoms with Crippen LogP contribution in [0.25, 0.3) is 21.0 Å². The molecule has 0 bridgehead atoms. The van der Waals surface area contributed by atoms with Gasteiger partial charge in [-0.15, -0.1) is 43.1 Å². The van der Waals surface area contributed by atoms with Crippen LogP contribution in [0.5, 0.6) is 0 Å². The molecule has 2 N–H and O–H groups in total. The van der Waals surface area contributed by atoms with Crippen molar-refractivity contribution in [1.29, 1.82) is 0 Å². The highest BCUT2D eigenvalue weighted by molar-refractivity contribution is 9.10. The predicted molar refractivity (Wildman–Crippen MR) is 208 cm³/mol. The summed E-state index contributed by atoms with van der Waals surface area (Å²) >= 11 is 7.17. The van der Waals surface area contributed by atoms with Crippen LogP contribution in [0.3, 0.4) is 0 Å². The minimum Gasteiger partial charge on any atom is -0.423 e. The maximum absolute atomic E-state index is 8.99. The number of thiophene rings is 2. The number of fused-ring (bicyclic) bond motifs is 8. The van der Waals surface area contributed by atoms with Gasteiger partial charge in [0, 0.05) is 30.9 Å². The van der Waals surface area contributed by atoms with Crippen LogP contribution in [0.15, 0.2) is 65.2 Å². The van der Waals surface area contributed by atoms with Gasteiger partial charge in [0.25, 0.3) is 0 Å². The lowest BCUT2D eigenvalue weighted by molar-refractivity contribution is 0.105. The second-order valence-corrected chi connectivity index (χ2v) is 16.1. The molecule has 4 aliphatic rings. The fraction of sp³-hybridized carbons (Fsp3) is 0.263. The summed E-state index contributed by atoms with van der Waals surface area (Å²) in [5, 5.41) is 37.1. The molecule has 0 atom stereocenters. The number of ether oxygens (including phenoxy) is 2. The minimum atomic E-state index is -1.34. The molecule has 6 heterocycles. The molecule has 0 amide bonds. The van der Waals surface area contributed by atoms with Crippen molar-refractivity contribution in [2.45, 2.75) is 67.0 Å². The Hall–Kier alpha value is -4.02. The zero-order chi connectivity index (χ0) is 36.1. The Balaban J connectivity index is 0.000000120. The van der Waals surface area contributed by atoms with E-state index in [9.17, 15) is 0 Å². The molecule has 0 saturated heterocycles. The lowest BCUT2D eigenvalue weighted by Crippen LogP contribution is -2.12. The van der Waals surface area contributed by atoms with E-state index >= 15 is 0 Å². The standard InChI is InChI=1S/C19H17N3OS.C10H10BrN3OS.C9H9BO2/c1-11-18(15-8-7-13-5-3-4-6-14(13)15)16-9-23-10-17-21-20-12(2)22(17)19(16)24-11;1-5-9(11)7-3-15-4-8-13-12-6(2)14(8)10(7)16-5;11-10(12)9-6-5-7-3-1-2-4-8(7)9/h3-6,8H,7,9-10H2,1-2H3;3-4H2,1-2H3;1-4,6,11-12H,5H2. The summed E-state index contributed by atoms with van der Waals surface area (Å²) in [4.78, 5) is 2.59.